The van der Waals surface area contributed by atoms with E-state index in [1.807, 2.05) is 0 Å². The molecule has 1 aromatic carbocycles. The normalized spacial score (nSPS) is 15.9. The van der Waals surface area contributed by atoms with Crippen LogP contribution in [0.5, 0.6) is 5.75 Å². The van der Waals surface area contributed by atoms with Crippen LogP contribution in [0.25, 0.3) is 0 Å². The first-order valence-corrected chi connectivity index (χ1v) is 7.96. The standard InChI is InChI=1S/C16H21ClN2O4/c1-23-13-5-4-11(17)10-12(13)18-9-6-14(20)19-16(15(21)22)7-2-3-8-16/h4-5,10,18H,2-3,6-9H2,1H3,(H,19,20)(H,21,22). The summed E-state index contributed by atoms with van der Waals surface area (Å²) in [5.74, 6) is -0.594. The first kappa shape index (κ1) is 17.4. The number of carbonyl (C=O) groups excluding carboxylic acids is 1. The zero-order valence-electron chi connectivity index (χ0n) is 13.0. The van der Waals surface area contributed by atoms with Gasteiger partial charge in [-0.2, -0.15) is 0 Å². The molecule has 0 heterocycles. The summed E-state index contributed by atoms with van der Waals surface area (Å²) in [6, 6.07) is 5.17. The largest absolute Gasteiger partial charge is 0.495 e. The Morgan fingerprint density at radius 2 is 2.04 bits per heavy atom. The number of carbonyl (C=O) groups is 2. The average Bonchev–Trinajstić information content (AvgIpc) is 2.97. The molecule has 23 heavy (non-hydrogen) atoms. The van der Waals surface area contributed by atoms with E-state index in [4.69, 9.17) is 16.3 Å². The maximum absolute atomic E-state index is 12.0. The highest BCUT2D eigenvalue weighted by Gasteiger charge is 2.42. The summed E-state index contributed by atoms with van der Waals surface area (Å²) >= 11 is 5.94. The van der Waals surface area contributed by atoms with Crippen LogP contribution in [0, 0.1) is 0 Å². The van der Waals surface area contributed by atoms with Crippen LogP contribution < -0.4 is 15.4 Å². The molecule has 0 bridgehead atoms. The van der Waals surface area contributed by atoms with Gasteiger partial charge in [0.1, 0.15) is 11.3 Å². The predicted molar refractivity (Wildman–Crippen MR) is 88.1 cm³/mol. The molecule has 1 aliphatic rings. The Morgan fingerprint density at radius 1 is 1.35 bits per heavy atom. The summed E-state index contributed by atoms with van der Waals surface area (Å²) in [6.07, 6.45) is 2.80. The number of hydrogen-bond donors (Lipinski definition) is 3. The van der Waals surface area contributed by atoms with Crippen LogP contribution in [0.4, 0.5) is 5.69 Å². The second kappa shape index (κ2) is 7.55. The van der Waals surface area contributed by atoms with Gasteiger partial charge in [-0.15, -0.1) is 0 Å². The third-order valence-electron chi connectivity index (χ3n) is 4.07. The highest BCUT2D eigenvalue weighted by molar-refractivity contribution is 6.30. The van der Waals surface area contributed by atoms with Crippen molar-refractivity contribution < 1.29 is 19.4 Å². The van der Waals surface area contributed by atoms with E-state index >= 15 is 0 Å². The number of halogens is 1. The van der Waals surface area contributed by atoms with Crippen molar-refractivity contribution in [2.45, 2.75) is 37.6 Å². The molecule has 0 aromatic heterocycles. The van der Waals surface area contributed by atoms with Crippen molar-refractivity contribution in [2.75, 3.05) is 19.0 Å². The Bertz CT molecular complexity index is 585. The van der Waals surface area contributed by atoms with Crippen LogP contribution >= 0.6 is 11.6 Å². The van der Waals surface area contributed by atoms with E-state index in [1.54, 1.807) is 25.3 Å². The molecular formula is C16H21ClN2O4. The molecule has 0 radical (unpaired) electrons. The number of carboxylic acids is 1. The van der Waals surface area contributed by atoms with Crippen molar-refractivity contribution in [3.05, 3.63) is 23.2 Å². The fourth-order valence-electron chi connectivity index (χ4n) is 2.83. The zero-order chi connectivity index (χ0) is 16.9. The summed E-state index contributed by atoms with van der Waals surface area (Å²) < 4.78 is 5.21. The first-order chi connectivity index (χ1) is 11.0. The maximum atomic E-state index is 12.0. The number of anilines is 1. The first-order valence-electron chi connectivity index (χ1n) is 7.59. The van der Waals surface area contributed by atoms with Gasteiger partial charge in [0.05, 0.1) is 12.8 Å². The van der Waals surface area contributed by atoms with Crippen LogP contribution in [-0.4, -0.2) is 36.2 Å². The number of hydrogen-bond acceptors (Lipinski definition) is 4. The molecule has 1 aromatic rings. The quantitative estimate of drug-likeness (QED) is 0.710. The molecular weight excluding hydrogens is 320 g/mol. The molecule has 126 valence electrons. The molecule has 0 aliphatic heterocycles. The van der Waals surface area contributed by atoms with E-state index in [9.17, 15) is 14.7 Å². The fourth-order valence-corrected chi connectivity index (χ4v) is 3.00. The second-order valence-electron chi connectivity index (χ2n) is 5.66. The molecule has 0 atom stereocenters. The molecule has 2 rings (SSSR count). The molecule has 0 unspecified atom stereocenters. The zero-order valence-corrected chi connectivity index (χ0v) is 13.8. The Morgan fingerprint density at radius 3 is 2.65 bits per heavy atom. The van der Waals surface area contributed by atoms with E-state index in [0.717, 1.165) is 12.8 Å². The van der Waals surface area contributed by atoms with E-state index in [2.05, 4.69) is 10.6 Å². The summed E-state index contributed by atoms with van der Waals surface area (Å²) in [5, 5.41) is 15.7. The van der Waals surface area contributed by atoms with Gasteiger partial charge in [-0.05, 0) is 31.0 Å². The van der Waals surface area contributed by atoms with Crippen LogP contribution in [-0.2, 0) is 9.59 Å². The van der Waals surface area contributed by atoms with Crippen molar-refractivity contribution >= 4 is 29.2 Å². The molecule has 7 heteroatoms. The van der Waals surface area contributed by atoms with E-state index in [-0.39, 0.29) is 12.3 Å². The van der Waals surface area contributed by atoms with Crippen molar-refractivity contribution in [2.24, 2.45) is 0 Å². The minimum absolute atomic E-state index is 0.171. The lowest BCUT2D eigenvalue weighted by atomic mass is 9.97. The summed E-state index contributed by atoms with van der Waals surface area (Å²) in [6.45, 7) is 0.359. The molecule has 0 spiro atoms. The minimum Gasteiger partial charge on any atom is -0.495 e. The number of nitrogens with one attached hydrogen (secondary N) is 2. The van der Waals surface area contributed by atoms with E-state index < -0.39 is 11.5 Å². The maximum Gasteiger partial charge on any atom is 0.329 e. The number of methoxy groups -OCH3 is 1. The van der Waals surface area contributed by atoms with Gasteiger partial charge in [-0.3, -0.25) is 4.79 Å². The van der Waals surface area contributed by atoms with Gasteiger partial charge in [-0.1, -0.05) is 24.4 Å². The SMILES string of the molecule is COc1ccc(Cl)cc1NCCC(=O)NC1(C(=O)O)CCCC1. The Hall–Kier alpha value is -1.95. The highest BCUT2D eigenvalue weighted by atomic mass is 35.5. The number of aliphatic carboxylic acids is 1. The summed E-state index contributed by atoms with van der Waals surface area (Å²) in [7, 11) is 1.55. The van der Waals surface area contributed by atoms with Crippen LogP contribution in [0.15, 0.2) is 18.2 Å². The molecule has 1 aliphatic carbocycles. The summed E-state index contributed by atoms with van der Waals surface area (Å²) in [5.41, 5.74) is -0.396. The Kier molecular flexibility index (Phi) is 5.71. The average molecular weight is 341 g/mol. The van der Waals surface area contributed by atoms with Gasteiger partial charge in [-0.25, -0.2) is 4.79 Å². The second-order valence-corrected chi connectivity index (χ2v) is 6.10. The lowest BCUT2D eigenvalue weighted by Crippen LogP contribution is -2.52. The number of ether oxygens (including phenoxy) is 1. The molecule has 3 N–H and O–H groups in total. The molecule has 1 saturated carbocycles. The molecule has 6 nitrogen and oxygen atoms in total. The van der Waals surface area contributed by atoms with Crippen molar-refractivity contribution in [1.82, 2.24) is 5.32 Å². The molecule has 1 fully saturated rings. The summed E-state index contributed by atoms with van der Waals surface area (Å²) in [4.78, 5) is 23.5. The van der Waals surface area contributed by atoms with Gasteiger partial charge >= 0.3 is 5.97 Å². The smallest absolute Gasteiger partial charge is 0.329 e. The van der Waals surface area contributed by atoms with Gasteiger partial charge in [0.2, 0.25) is 5.91 Å². The van der Waals surface area contributed by atoms with Crippen molar-refractivity contribution in [3.8, 4) is 5.75 Å². The van der Waals surface area contributed by atoms with Crippen LogP contribution in [0.3, 0.4) is 0 Å². The van der Waals surface area contributed by atoms with Crippen LogP contribution in [0.1, 0.15) is 32.1 Å². The van der Waals surface area contributed by atoms with Gasteiger partial charge in [0, 0.05) is 18.0 Å². The topological polar surface area (TPSA) is 87.7 Å². The van der Waals surface area contributed by atoms with Crippen molar-refractivity contribution in [3.63, 3.8) is 0 Å². The van der Waals surface area contributed by atoms with Gasteiger partial charge in [0.15, 0.2) is 0 Å². The number of benzene rings is 1. The fraction of sp³-hybridized carbons (Fsp3) is 0.500. The molecule has 1 amide bonds. The Balaban J connectivity index is 1.88. The van der Waals surface area contributed by atoms with E-state index in [1.165, 1.54) is 0 Å². The monoisotopic (exact) mass is 340 g/mol. The van der Waals surface area contributed by atoms with Crippen LogP contribution in [0.2, 0.25) is 5.02 Å². The van der Waals surface area contributed by atoms with Gasteiger partial charge in [0.25, 0.3) is 0 Å². The van der Waals surface area contributed by atoms with Gasteiger partial charge < -0.3 is 20.5 Å². The van der Waals surface area contributed by atoms with Crippen molar-refractivity contribution in [1.29, 1.82) is 0 Å². The highest BCUT2D eigenvalue weighted by Crippen LogP contribution is 2.30. The third-order valence-corrected chi connectivity index (χ3v) is 4.31. The predicted octanol–water partition coefficient (Wildman–Crippen LogP) is 2.66. The number of rotatable bonds is 7. The molecule has 0 saturated heterocycles. The number of amides is 1. The Labute approximate surface area is 140 Å². The number of carboxylic acid groups (broad SMARTS) is 1. The third kappa shape index (κ3) is 4.28. The minimum atomic E-state index is -1.09. The lowest BCUT2D eigenvalue weighted by Gasteiger charge is -2.25. The van der Waals surface area contributed by atoms with E-state index in [0.29, 0.717) is 35.8 Å². The lowest BCUT2D eigenvalue weighted by molar-refractivity contribution is -0.147.